The Morgan fingerprint density at radius 3 is 1.91 bits per heavy atom. The maximum atomic E-state index is 7.12. The molecule has 3 aliphatic rings. The zero-order valence-corrected chi connectivity index (χ0v) is 33.4. The fourth-order valence-electron chi connectivity index (χ4n) is 9.75. The standard InChI is InChI=1S/C53H44BN3O/c1-35-19-11-14-29-44(35)57(47-32-18-25-40-39-24-17-26-41(53(2,3)4)51(39)58-52(40)47)38-33-48-50-49(34-38)56(37-22-9-6-10-23-37)46-31-16-13-28-43(46)54(50)42-27-12-15-30-45(42)55(48)36-20-7-5-8-21-36/h5-12,14-15,17-34H,13,16H2,1-4H3. The van der Waals surface area contributed by atoms with E-state index in [1.807, 2.05) is 0 Å². The van der Waals surface area contributed by atoms with Gasteiger partial charge in [-0.05, 0) is 102 Å². The number of allylic oxidation sites excluding steroid dienone is 3. The topological polar surface area (TPSA) is 22.9 Å². The minimum atomic E-state index is -0.0832. The molecule has 0 fully saturated rings. The molecule has 280 valence electrons. The van der Waals surface area contributed by atoms with Gasteiger partial charge in [0.2, 0.25) is 0 Å². The molecule has 8 aromatic rings. The van der Waals surface area contributed by atoms with Crippen molar-refractivity contribution in [1.29, 1.82) is 0 Å². The van der Waals surface area contributed by atoms with E-state index in [4.69, 9.17) is 4.42 Å². The first kappa shape index (κ1) is 34.5. The van der Waals surface area contributed by atoms with Crippen molar-refractivity contribution < 1.29 is 4.42 Å². The van der Waals surface area contributed by atoms with Crippen molar-refractivity contribution in [2.45, 2.75) is 46.0 Å². The van der Waals surface area contributed by atoms with Crippen molar-refractivity contribution in [2.75, 3.05) is 14.7 Å². The Balaban J connectivity index is 1.27. The summed E-state index contributed by atoms with van der Waals surface area (Å²) in [5, 5.41) is 2.26. The predicted molar refractivity (Wildman–Crippen MR) is 246 cm³/mol. The van der Waals surface area contributed by atoms with Gasteiger partial charge in [-0.15, -0.1) is 0 Å². The lowest BCUT2D eigenvalue weighted by Crippen LogP contribution is -2.57. The summed E-state index contributed by atoms with van der Waals surface area (Å²) >= 11 is 0. The van der Waals surface area contributed by atoms with Crippen molar-refractivity contribution in [2.24, 2.45) is 0 Å². The summed E-state index contributed by atoms with van der Waals surface area (Å²) in [5.41, 5.74) is 18.5. The second-order valence-electron chi connectivity index (χ2n) is 16.9. The van der Waals surface area contributed by atoms with Gasteiger partial charge in [0.05, 0.1) is 11.4 Å². The van der Waals surface area contributed by atoms with Gasteiger partial charge in [0.1, 0.15) is 5.58 Å². The van der Waals surface area contributed by atoms with Crippen molar-refractivity contribution in [3.05, 3.63) is 192 Å². The monoisotopic (exact) mass is 749 g/mol. The van der Waals surface area contributed by atoms with E-state index < -0.39 is 0 Å². The third kappa shape index (κ3) is 5.23. The molecule has 0 spiro atoms. The number of anilines is 8. The van der Waals surface area contributed by atoms with Crippen LogP contribution >= 0.6 is 0 Å². The number of para-hydroxylation sites is 6. The molecule has 0 unspecified atom stereocenters. The van der Waals surface area contributed by atoms with Crippen LogP contribution < -0.4 is 25.6 Å². The highest BCUT2D eigenvalue weighted by Gasteiger charge is 2.45. The molecule has 1 aliphatic carbocycles. The number of hydrogen-bond acceptors (Lipinski definition) is 4. The summed E-state index contributed by atoms with van der Waals surface area (Å²) in [7, 11) is 0. The molecule has 4 nitrogen and oxygen atoms in total. The van der Waals surface area contributed by atoms with Gasteiger partial charge < -0.3 is 19.1 Å². The fourth-order valence-corrected chi connectivity index (χ4v) is 9.75. The third-order valence-corrected chi connectivity index (χ3v) is 12.3. The fraction of sp³-hybridized carbons (Fsp3) is 0.132. The number of furan rings is 1. The van der Waals surface area contributed by atoms with Gasteiger partial charge in [0, 0.05) is 56.2 Å². The lowest BCUT2D eigenvalue weighted by atomic mass is 9.32. The maximum absolute atomic E-state index is 7.12. The minimum absolute atomic E-state index is 0.0832. The highest BCUT2D eigenvalue weighted by molar-refractivity contribution is 6.96. The van der Waals surface area contributed by atoms with E-state index in [1.165, 1.54) is 50.3 Å². The second kappa shape index (κ2) is 13.2. The van der Waals surface area contributed by atoms with E-state index >= 15 is 0 Å². The van der Waals surface area contributed by atoms with Crippen molar-refractivity contribution >= 4 is 85.1 Å². The minimum Gasteiger partial charge on any atom is -0.454 e. The van der Waals surface area contributed by atoms with Gasteiger partial charge >= 0.3 is 0 Å². The number of fused-ring (bicyclic) bond motifs is 7. The largest absolute Gasteiger partial charge is 0.454 e. The first-order valence-electron chi connectivity index (χ1n) is 20.5. The average molecular weight is 750 g/mol. The highest BCUT2D eigenvalue weighted by atomic mass is 16.3. The molecule has 11 rings (SSSR count). The number of aryl methyl sites for hydroxylation is 1. The van der Waals surface area contributed by atoms with E-state index in [2.05, 4.69) is 212 Å². The molecular weight excluding hydrogens is 705 g/mol. The van der Waals surface area contributed by atoms with Crippen molar-refractivity contribution in [3.8, 4) is 0 Å². The maximum Gasteiger partial charge on any atom is 0.251 e. The third-order valence-electron chi connectivity index (χ3n) is 12.3. The Labute approximate surface area is 341 Å². The summed E-state index contributed by atoms with van der Waals surface area (Å²) in [6.07, 6.45) is 7.00. The van der Waals surface area contributed by atoms with Crippen LogP contribution in [0.2, 0.25) is 0 Å². The Morgan fingerprint density at radius 1 is 0.569 bits per heavy atom. The van der Waals surface area contributed by atoms with Gasteiger partial charge in [0.25, 0.3) is 6.71 Å². The molecule has 7 aromatic carbocycles. The molecular formula is C53H44BN3O. The Bertz CT molecular complexity index is 2970. The molecule has 0 saturated carbocycles. The van der Waals surface area contributed by atoms with E-state index in [-0.39, 0.29) is 12.1 Å². The van der Waals surface area contributed by atoms with Gasteiger partial charge in [-0.3, -0.25) is 0 Å². The molecule has 0 N–H and O–H groups in total. The zero-order valence-electron chi connectivity index (χ0n) is 33.4. The van der Waals surface area contributed by atoms with Gasteiger partial charge in [-0.2, -0.15) is 0 Å². The van der Waals surface area contributed by atoms with Crippen LogP contribution in [0.4, 0.5) is 45.5 Å². The molecule has 0 saturated heterocycles. The normalized spacial score (nSPS) is 14.5. The van der Waals surface area contributed by atoms with Gasteiger partial charge in [-0.25, -0.2) is 0 Å². The second-order valence-corrected chi connectivity index (χ2v) is 16.9. The Morgan fingerprint density at radius 2 is 1.17 bits per heavy atom. The van der Waals surface area contributed by atoms with Crippen LogP contribution in [0.3, 0.4) is 0 Å². The molecule has 1 aromatic heterocycles. The first-order valence-corrected chi connectivity index (χ1v) is 20.5. The van der Waals surface area contributed by atoms with Crippen LogP contribution in [0.15, 0.2) is 185 Å². The molecule has 58 heavy (non-hydrogen) atoms. The summed E-state index contributed by atoms with van der Waals surface area (Å²) in [6, 6.07) is 57.7. The molecule has 5 heteroatoms. The van der Waals surface area contributed by atoms with Crippen LogP contribution in [0.1, 0.15) is 44.7 Å². The van der Waals surface area contributed by atoms with Crippen LogP contribution in [0.25, 0.3) is 21.9 Å². The van der Waals surface area contributed by atoms with Gasteiger partial charge in [0.15, 0.2) is 5.58 Å². The molecule has 3 heterocycles. The number of hydrogen-bond donors (Lipinski definition) is 0. The van der Waals surface area contributed by atoms with E-state index in [9.17, 15) is 0 Å². The molecule has 2 aliphatic heterocycles. The van der Waals surface area contributed by atoms with Crippen LogP contribution in [0.5, 0.6) is 0 Å². The van der Waals surface area contributed by atoms with Gasteiger partial charge in [-0.1, -0.05) is 136 Å². The van der Waals surface area contributed by atoms with Crippen molar-refractivity contribution in [1.82, 2.24) is 0 Å². The first-order chi connectivity index (χ1) is 28.4. The number of nitrogens with zero attached hydrogens (tertiary/aromatic N) is 3. The molecule has 0 bridgehead atoms. The SMILES string of the molecule is Cc1ccccc1N(c1cc2c3c(c1)N(c1ccccc1)c1ccccc1B3C1=CCCC=C1N2c1ccccc1)c1cccc2c1oc1c(C(C)(C)C)cccc12. The summed E-state index contributed by atoms with van der Waals surface area (Å²) < 4.78 is 7.12. The summed E-state index contributed by atoms with van der Waals surface area (Å²) in [6.45, 7) is 9.09. The lowest BCUT2D eigenvalue weighted by Gasteiger charge is -2.46. The molecule has 0 radical (unpaired) electrons. The quantitative estimate of drug-likeness (QED) is 0.163. The smallest absolute Gasteiger partial charge is 0.251 e. The van der Waals surface area contributed by atoms with E-state index in [0.29, 0.717) is 0 Å². The van der Waals surface area contributed by atoms with Crippen molar-refractivity contribution in [3.63, 3.8) is 0 Å². The van der Waals surface area contributed by atoms with Crippen LogP contribution in [-0.2, 0) is 5.41 Å². The molecule has 0 atom stereocenters. The summed E-state index contributed by atoms with van der Waals surface area (Å²) in [4.78, 5) is 7.45. The number of benzene rings is 7. The Hall–Kier alpha value is -6.72. The summed E-state index contributed by atoms with van der Waals surface area (Å²) in [5.74, 6) is 0. The molecule has 0 amide bonds. The van der Waals surface area contributed by atoms with E-state index in [0.717, 1.165) is 63.2 Å². The number of rotatable bonds is 5. The van der Waals surface area contributed by atoms with E-state index in [1.54, 1.807) is 0 Å². The highest BCUT2D eigenvalue weighted by Crippen LogP contribution is 2.51. The predicted octanol–water partition coefficient (Wildman–Crippen LogP) is 13.3. The van der Waals surface area contributed by atoms with Crippen LogP contribution in [-0.4, -0.2) is 6.71 Å². The lowest BCUT2D eigenvalue weighted by molar-refractivity contribution is 0.573. The van der Waals surface area contributed by atoms with Crippen LogP contribution in [0, 0.1) is 6.92 Å². The Kier molecular flexibility index (Phi) is 7.84. The average Bonchev–Trinajstić information content (AvgIpc) is 3.64. The zero-order chi connectivity index (χ0) is 39.1.